The first-order valence-electron chi connectivity index (χ1n) is 12.1. The third-order valence-corrected chi connectivity index (χ3v) is 6.28. The molecule has 2 aromatic carbocycles. The predicted octanol–water partition coefficient (Wildman–Crippen LogP) is 3.03. The maximum absolute atomic E-state index is 13.1. The van der Waals surface area contributed by atoms with Gasteiger partial charge in [0.15, 0.2) is 0 Å². The molecule has 10 heteroatoms. The molecule has 0 saturated heterocycles. The normalized spacial score (nSPS) is 12.2. The van der Waals surface area contributed by atoms with Crippen molar-refractivity contribution < 1.29 is 28.7 Å². The molecule has 0 aliphatic heterocycles. The Balaban J connectivity index is 2.00. The maximum atomic E-state index is 13.1. The molecule has 0 spiro atoms. The SMILES string of the molecule is CCOC(=O)CNC(=O)[C@@H](CSCc1ccccc1)NC(=O)[C@@H](NC(=O)OCc1ccccc1)C(C)C. The van der Waals surface area contributed by atoms with Crippen LogP contribution < -0.4 is 16.0 Å². The predicted molar refractivity (Wildman–Crippen MR) is 143 cm³/mol. The van der Waals surface area contributed by atoms with E-state index in [0.29, 0.717) is 5.75 Å². The number of rotatable bonds is 14. The Bertz CT molecular complexity index is 1000. The van der Waals surface area contributed by atoms with Crippen molar-refractivity contribution in [1.82, 2.24) is 16.0 Å². The molecule has 2 rings (SSSR count). The summed E-state index contributed by atoms with van der Waals surface area (Å²) in [5.74, 6) is -0.987. The highest BCUT2D eigenvalue weighted by Gasteiger charge is 2.29. The minimum Gasteiger partial charge on any atom is -0.465 e. The molecule has 0 fully saturated rings. The van der Waals surface area contributed by atoms with Crippen molar-refractivity contribution in [2.24, 2.45) is 5.92 Å². The highest BCUT2D eigenvalue weighted by Crippen LogP contribution is 2.14. The minimum atomic E-state index is -0.931. The van der Waals surface area contributed by atoms with Crippen LogP contribution in [0.3, 0.4) is 0 Å². The number of carbonyl (C=O) groups is 4. The van der Waals surface area contributed by atoms with Crippen LogP contribution in [0, 0.1) is 5.92 Å². The van der Waals surface area contributed by atoms with Gasteiger partial charge < -0.3 is 25.4 Å². The summed E-state index contributed by atoms with van der Waals surface area (Å²) in [4.78, 5) is 50.0. The van der Waals surface area contributed by atoms with E-state index in [1.54, 1.807) is 20.8 Å². The average molecular weight is 530 g/mol. The molecule has 0 saturated carbocycles. The van der Waals surface area contributed by atoms with Crippen LogP contribution in [0.25, 0.3) is 0 Å². The molecule has 0 aliphatic carbocycles. The number of hydrogen-bond acceptors (Lipinski definition) is 7. The van der Waals surface area contributed by atoms with Crippen molar-refractivity contribution in [2.45, 2.75) is 45.2 Å². The van der Waals surface area contributed by atoms with Crippen LogP contribution in [0.15, 0.2) is 60.7 Å². The second-order valence-electron chi connectivity index (χ2n) is 8.51. The molecule has 0 unspecified atom stereocenters. The number of hydrogen-bond donors (Lipinski definition) is 3. The summed E-state index contributed by atoms with van der Waals surface area (Å²) < 4.78 is 10.1. The second kappa shape index (κ2) is 16.3. The van der Waals surface area contributed by atoms with Crippen LogP contribution in [0.1, 0.15) is 31.9 Å². The Morgan fingerprint density at radius 1 is 0.838 bits per heavy atom. The lowest BCUT2D eigenvalue weighted by Gasteiger charge is -2.25. The van der Waals surface area contributed by atoms with E-state index >= 15 is 0 Å². The van der Waals surface area contributed by atoms with Crippen LogP contribution in [0.4, 0.5) is 4.79 Å². The number of alkyl carbamates (subject to hydrolysis) is 1. The van der Waals surface area contributed by atoms with Crippen LogP contribution in [0.2, 0.25) is 0 Å². The van der Waals surface area contributed by atoms with Crippen LogP contribution >= 0.6 is 11.8 Å². The fourth-order valence-electron chi connectivity index (χ4n) is 3.23. The van der Waals surface area contributed by atoms with Gasteiger partial charge in [-0.05, 0) is 24.0 Å². The van der Waals surface area contributed by atoms with E-state index in [-0.39, 0.29) is 31.4 Å². The molecular formula is C27H35N3O6S. The Hall–Kier alpha value is -3.53. The minimum absolute atomic E-state index is 0.0636. The molecule has 37 heavy (non-hydrogen) atoms. The third-order valence-electron chi connectivity index (χ3n) is 5.18. The van der Waals surface area contributed by atoms with E-state index in [0.717, 1.165) is 11.1 Å². The first kappa shape index (κ1) is 29.7. The number of ether oxygens (including phenoxy) is 2. The van der Waals surface area contributed by atoms with Gasteiger partial charge in [-0.3, -0.25) is 14.4 Å². The average Bonchev–Trinajstić information content (AvgIpc) is 2.89. The molecule has 0 aromatic heterocycles. The number of esters is 1. The summed E-state index contributed by atoms with van der Waals surface area (Å²) in [5, 5.41) is 7.83. The molecule has 3 amide bonds. The van der Waals surface area contributed by atoms with Crippen molar-refractivity contribution in [2.75, 3.05) is 18.9 Å². The Morgan fingerprint density at radius 3 is 2.05 bits per heavy atom. The van der Waals surface area contributed by atoms with Crippen molar-refractivity contribution in [3.05, 3.63) is 71.8 Å². The summed E-state index contributed by atoms with van der Waals surface area (Å²) >= 11 is 1.47. The van der Waals surface area contributed by atoms with Crippen molar-refractivity contribution in [3.8, 4) is 0 Å². The zero-order chi connectivity index (χ0) is 27.0. The van der Waals surface area contributed by atoms with Gasteiger partial charge in [-0.25, -0.2) is 4.79 Å². The van der Waals surface area contributed by atoms with Gasteiger partial charge in [-0.15, -0.1) is 0 Å². The number of benzene rings is 2. The second-order valence-corrected chi connectivity index (χ2v) is 9.54. The van der Waals surface area contributed by atoms with E-state index < -0.39 is 36.0 Å². The van der Waals surface area contributed by atoms with Gasteiger partial charge in [0.05, 0.1) is 6.61 Å². The van der Waals surface area contributed by atoms with Gasteiger partial charge in [0.1, 0.15) is 25.2 Å². The van der Waals surface area contributed by atoms with E-state index in [1.165, 1.54) is 11.8 Å². The quantitative estimate of drug-likeness (QED) is 0.322. The Kier molecular flexibility index (Phi) is 13.1. The van der Waals surface area contributed by atoms with Gasteiger partial charge in [0.25, 0.3) is 0 Å². The number of nitrogens with one attached hydrogen (secondary N) is 3. The van der Waals surface area contributed by atoms with Gasteiger partial charge in [-0.2, -0.15) is 11.8 Å². The van der Waals surface area contributed by atoms with Gasteiger partial charge in [-0.1, -0.05) is 74.5 Å². The van der Waals surface area contributed by atoms with E-state index in [2.05, 4.69) is 16.0 Å². The molecule has 3 N–H and O–H groups in total. The lowest BCUT2D eigenvalue weighted by atomic mass is 10.0. The zero-order valence-corrected chi connectivity index (χ0v) is 22.2. The third kappa shape index (κ3) is 11.4. The first-order valence-corrected chi connectivity index (χ1v) is 13.3. The van der Waals surface area contributed by atoms with E-state index in [9.17, 15) is 19.2 Å². The van der Waals surface area contributed by atoms with Crippen molar-refractivity contribution >= 4 is 35.6 Å². The number of amides is 3. The monoisotopic (exact) mass is 529 g/mol. The summed E-state index contributed by atoms with van der Waals surface area (Å²) in [5.41, 5.74) is 1.89. The van der Waals surface area contributed by atoms with Gasteiger partial charge in [0.2, 0.25) is 11.8 Å². The molecule has 9 nitrogen and oxygen atoms in total. The number of thioether (sulfide) groups is 1. The molecule has 0 bridgehead atoms. The molecule has 2 atom stereocenters. The summed E-state index contributed by atoms with van der Waals surface area (Å²) in [6, 6.07) is 17.1. The number of carbonyl (C=O) groups excluding carboxylic acids is 4. The molecule has 2 aromatic rings. The maximum Gasteiger partial charge on any atom is 0.408 e. The fraction of sp³-hybridized carbons (Fsp3) is 0.407. The van der Waals surface area contributed by atoms with Crippen LogP contribution in [-0.2, 0) is 36.2 Å². The van der Waals surface area contributed by atoms with E-state index in [1.807, 2.05) is 60.7 Å². The van der Waals surface area contributed by atoms with Crippen molar-refractivity contribution in [1.29, 1.82) is 0 Å². The smallest absolute Gasteiger partial charge is 0.408 e. The van der Waals surface area contributed by atoms with Crippen LogP contribution in [-0.4, -0.2) is 54.9 Å². The topological polar surface area (TPSA) is 123 Å². The zero-order valence-electron chi connectivity index (χ0n) is 21.4. The Labute approximate surface area is 222 Å². The lowest BCUT2D eigenvalue weighted by molar-refractivity contribution is -0.143. The molecule has 0 aliphatic rings. The fourth-order valence-corrected chi connectivity index (χ4v) is 4.25. The van der Waals surface area contributed by atoms with Gasteiger partial charge >= 0.3 is 12.1 Å². The van der Waals surface area contributed by atoms with Crippen molar-refractivity contribution in [3.63, 3.8) is 0 Å². The standard InChI is InChI=1S/C27H35N3O6S/c1-4-35-23(31)15-28-25(32)22(18-37-17-21-13-9-6-10-14-21)29-26(33)24(19(2)3)30-27(34)36-16-20-11-7-5-8-12-20/h5-14,19,22,24H,4,15-18H2,1-3H3,(H,28,32)(H,29,33)(H,30,34)/t22-,24+/m1/s1. The van der Waals surface area contributed by atoms with Gasteiger partial charge in [0, 0.05) is 11.5 Å². The summed E-state index contributed by atoms with van der Waals surface area (Å²) in [7, 11) is 0. The molecule has 0 radical (unpaired) electrons. The molecule has 0 heterocycles. The first-order chi connectivity index (χ1) is 17.8. The highest BCUT2D eigenvalue weighted by atomic mass is 32.2. The van der Waals surface area contributed by atoms with Crippen LogP contribution in [0.5, 0.6) is 0 Å². The molecule has 200 valence electrons. The lowest BCUT2D eigenvalue weighted by Crippen LogP contribution is -2.56. The largest absolute Gasteiger partial charge is 0.465 e. The van der Waals surface area contributed by atoms with E-state index in [4.69, 9.17) is 9.47 Å². The Morgan fingerprint density at radius 2 is 1.46 bits per heavy atom. The molecular weight excluding hydrogens is 494 g/mol. The summed E-state index contributed by atoms with van der Waals surface area (Å²) in [6.07, 6.45) is -0.737. The summed E-state index contributed by atoms with van der Waals surface area (Å²) in [6.45, 7) is 5.19. The highest BCUT2D eigenvalue weighted by molar-refractivity contribution is 7.98.